The van der Waals surface area contributed by atoms with Gasteiger partial charge < -0.3 is 14.7 Å². The Morgan fingerprint density at radius 1 is 1.35 bits per heavy atom. The number of allylic oxidation sites excluding steroid dienone is 1. The Kier molecular flexibility index (Phi) is 4.80. The molecule has 3 rings (SSSR count). The van der Waals surface area contributed by atoms with Gasteiger partial charge in [-0.1, -0.05) is 30.2 Å². The molecule has 1 aliphatic heterocycles. The van der Waals surface area contributed by atoms with Crippen molar-refractivity contribution in [2.24, 2.45) is 17.8 Å². The molecule has 6 nitrogen and oxygen atoms in total. The van der Waals surface area contributed by atoms with Crippen LogP contribution in [-0.4, -0.2) is 35.6 Å². The van der Waals surface area contributed by atoms with Gasteiger partial charge in [0.15, 0.2) is 0 Å². The second kappa shape index (κ2) is 6.76. The summed E-state index contributed by atoms with van der Waals surface area (Å²) in [6.07, 6.45) is 1.97. The van der Waals surface area contributed by atoms with Crippen molar-refractivity contribution in [1.82, 2.24) is 0 Å². The van der Waals surface area contributed by atoms with Gasteiger partial charge >= 0.3 is 11.9 Å². The lowest BCUT2D eigenvalue weighted by atomic mass is 9.74. The second-order valence-electron chi connectivity index (χ2n) is 6.69. The Hall–Kier alpha value is -2.34. The van der Waals surface area contributed by atoms with Crippen LogP contribution in [0.5, 0.6) is 0 Å². The van der Waals surface area contributed by atoms with E-state index in [9.17, 15) is 19.5 Å². The number of carboxylic acids is 1. The SMILES string of the molecule is CCOC(=O)C1C2C(=O)N(c3ccc(Cl)cc3C(=O)O)C1C(C)=CC2C. The maximum Gasteiger partial charge on any atom is 0.337 e. The number of fused-ring (bicyclic) bond motifs is 2. The number of amides is 1. The van der Waals surface area contributed by atoms with E-state index in [0.29, 0.717) is 0 Å². The van der Waals surface area contributed by atoms with Gasteiger partial charge in [0.2, 0.25) is 5.91 Å². The fourth-order valence-electron chi connectivity index (χ4n) is 4.14. The summed E-state index contributed by atoms with van der Waals surface area (Å²) in [4.78, 5) is 38.9. The van der Waals surface area contributed by atoms with Crippen LogP contribution in [0.1, 0.15) is 31.1 Å². The Balaban J connectivity index is 2.15. The number of hydrogen-bond donors (Lipinski definition) is 1. The number of esters is 1. The van der Waals surface area contributed by atoms with Crippen LogP contribution in [0.15, 0.2) is 29.8 Å². The van der Waals surface area contributed by atoms with Crippen LogP contribution in [0, 0.1) is 17.8 Å². The summed E-state index contributed by atoms with van der Waals surface area (Å²) in [5, 5.41) is 9.82. The minimum absolute atomic E-state index is 0.0681. The van der Waals surface area contributed by atoms with Crippen molar-refractivity contribution in [2.75, 3.05) is 11.5 Å². The van der Waals surface area contributed by atoms with Gasteiger partial charge in [-0.15, -0.1) is 0 Å². The molecule has 7 heteroatoms. The van der Waals surface area contributed by atoms with Crippen molar-refractivity contribution in [2.45, 2.75) is 26.8 Å². The fourth-order valence-corrected chi connectivity index (χ4v) is 4.31. The van der Waals surface area contributed by atoms with Gasteiger partial charge in [-0.2, -0.15) is 0 Å². The van der Waals surface area contributed by atoms with Crippen LogP contribution in [0.4, 0.5) is 5.69 Å². The Morgan fingerprint density at radius 3 is 2.65 bits per heavy atom. The van der Waals surface area contributed by atoms with Crippen molar-refractivity contribution in [3.63, 3.8) is 0 Å². The molecule has 0 aromatic heterocycles. The third-order valence-electron chi connectivity index (χ3n) is 5.09. The van der Waals surface area contributed by atoms with E-state index in [1.165, 1.54) is 17.0 Å². The lowest BCUT2D eigenvalue weighted by Crippen LogP contribution is -2.41. The minimum atomic E-state index is -1.18. The minimum Gasteiger partial charge on any atom is -0.478 e. The maximum atomic E-state index is 13.2. The second-order valence-corrected chi connectivity index (χ2v) is 7.13. The van der Waals surface area contributed by atoms with Crippen LogP contribution in [0.25, 0.3) is 0 Å². The smallest absolute Gasteiger partial charge is 0.337 e. The number of rotatable bonds is 4. The molecular formula is C19H20ClNO5. The molecule has 1 aliphatic carbocycles. The molecule has 26 heavy (non-hydrogen) atoms. The van der Waals surface area contributed by atoms with Gasteiger partial charge in [0.05, 0.1) is 35.7 Å². The van der Waals surface area contributed by atoms with E-state index in [1.54, 1.807) is 13.0 Å². The Labute approximate surface area is 156 Å². The molecule has 1 N–H and O–H groups in total. The van der Waals surface area contributed by atoms with E-state index in [0.717, 1.165) is 5.57 Å². The van der Waals surface area contributed by atoms with E-state index in [2.05, 4.69) is 0 Å². The summed E-state index contributed by atoms with van der Waals surface area (Å²) in [7, 11) is 0. The zero-order valence-corrected chi connectivity index (χ0v) is 15.5. The summed E-state index contributed by atoms with van der Waals surface area (Å²) in [5.41, 5.74) is 1.03. The average molecular weight is 378 g/mol. The molecule has 138 valence electrons. The van der Waals surface area contributed by atoms with Gasteiger partial charge in [0, 0.05) is 5.02 Å². The number of benzene rings is 1. The first-order valence-electron chi connectivity index (χ1n) is 8.48. The van der Waals surface area contributed by atoms with E-state index >= 15 is 0 Å². The molecule has 1 aromatic rings. The van der Waals surface area contributed by atoms with Crippen LogP contribution in [-0.2, 0) is 14.3 Å². The molecule has 4 unspecified atom stereocenters. The standard InChI is InChI=1S/C19H20ClNO5/c1-4-26-19(25)15-14-9(2)7-10(3)16(15)21(17(14)22)13-6-5-11(20)8-12(13)18(23)24/h5-9,14-16H,4H2,1-3H3,(H,23,24). The molecule has 1 fully saturated rings. The fraction of sp³-hybridized carbons (Fsp3) is 0.421. The highest BCUT2D eigenvalue weighted by Gasteiger charge is 2.57. The van der Waals surface area contributed by atoms with Crippen LogP contribution in [0.2, 0.25) is 5.02 Å². The summed E-state index contributed by atoms with van der Waals surface area (Å²) in [6, 6.07) is 3.82. The van der Waals surface area contributed by atoms with E-state index in [1.807, 2.05) is 19.9 Å². The van der Waals surface area contributed by atoms with Crippen LogP contribution >= 0.6 is 11.6 Å². The Bertz CT molecular complexity index is 818. The normalized spacial score (nSPS) is 27.3. The van der Waals surface area contributed by atoms with Gasteiger partial charge in [0.25, 0.3) is 0 Å². The number of carbonyl (C=O) groups excluding carboxylic acids is 2. The van der Waals surface area contributed by atoms with Crippen LogP contribution < -0.4 is 4.90 Å². The molecule has 1 heterocycles. The summed E-state index contributed by atoms with van der Waals surface area (Å²) in [5.74, 6) is -3.24. The van der Waals surface area contributed by atoms with Crippen LogP contribution in [0.3, 0.4) is 0 Å². The first-order valence-corrected chi connectivity index (χ1v) is 8.86. The summed E-state index contributed by atoms with van der Waals surface area (Å²) >= 11 is 5.94. The average Bonchev–Trinajstić information content (AvgIpc) is 2.83. The molecule has 0 saturated carbocycles. The molecule has 1 amide bonds. The summed E-state index contributed by atoms with van der Waals surface area (Å²) in [6.45, 7) is 5.68. The number of carbonyl (C=O) groups is 3. The highest BCUT2D eigenvalue weighted by atomic mass is 35.5. The molecule has 0 spiro atoms. The highest BCUT2D eigenvalue weighted by molar-refractivity contribution is 6.31. The predicted octanol–water partition coefficient (Wildman–Crippen LogP) is 3.14. The summed E-state index contributed by atoms with van der Waals surface area (Å²) < 4.78 is 5.21. The van der Waals surface area contributed by atoms with E-state index < -0.39 is 29.8 Å². The third-order valence-corrected chi connectivity index (χ3v) is 5.33. The molecule has 0 radical (unpaired) electrons. The third kappa shape index (κ3) is 2.78. The van der Waals surface area contributed by atoms with Crippen molar-refractivity contribution < 1.29 is 24.2 Å². The largest absolute Gasteiger partial charge is 0.478 e. The molecule has 1 aromatic carbocycles. The van der Waals surface area contributed by atoms with Crippen molar-refractivity contribution in [3.05, 3.63) is 40.4 Å². The first-order chi connectivity index (χ1) is 12.3. The lowest BCUT2D eigenvalue weighted by molar-refractivity contribution is -0.151. The van der Waals surface area contributed by atoms with Gasteiger partial charge in [-0.3, -0.25) is 9.59 Å². The lowest BCUT2D eigenvalue weighted by Gasteiger charge is -2.32. The number of anilines is 1. The molecule has 1 saturated heterocycles. The zero-order chi connectivity index (χ0) is 19.2. The number of nitrogens with zero attached hydrogens (tertiary/aromatic N) is 1. The molecule has 2 aliphatic rings. The molecule has 2 bridgehead atoms. The van der Waals surface area contributed by atoms with Crippen molar-refractivity contribution >= 4 is 35.1 Å². The number of hydrogen-bond acceptors (Lipinski definition) is 4. The molecule has 4 atom stereocenters. The number of ether oxygens (including phenoxy) is 1. The Morgan fingerprint density at radius 2 is 2.04 bits per heavy atom. The number of carboxylic acid groups (broad SMARTS) is 1. The van der Waals surface area contributed by atoms with E-state index in [4.69, 9.17) is 16.3 Å². The van der Waals surface area contributed by atoms with Gasteiger partial charge in [0.1, 0.15) is 0 Å². The van der Waals surface area contributed by atoms with E-state index in [-0.39, 0.29) is 34.7 Å². The topological polar surface area (TPSA) is 83.9 Å². The van der Waals surface area contributed by atoms with Crippen molar-refractivity contribution in [1.29, 1.82) is 0 Å². The van der Waals surface area contributed by atoms with Crippen molar-refractivity contribution in [3.8, 4) is 0 Å². The molecular weight excluding hydrogens is 358 g/mol. The van der Waals surface area contributed by atoms with Gasteiger partial charge in [-0.05, 0) is 38.0 Å². The monoisotopic (exact) mass is 377 g/mol. The van der Waals surface area contributed by atoms with Gasteiger partial charge in [-0.25, -0.2) is 4.79 Å². The maximum absolute atomic E-state index is 13.2. The first kappa shape index (κ1) is 18.5. The number of halogens is 1. The number of aromatic carboxylic acids is 1. The highest BCUT2D eigenvalue weighted by Crippen LogP contribution is 2.47. The predicted molar refractivity (Wildman–Crippen MR) is 96.2 cm³/mol. The zero-order valence-electron chi connectivity index (χ0n) is 14.7. The quantitative estimate of drug-likeness (QED) is 0.643.